The zero-order chi connectivity index (χ0) is 20.0. The lowest BCUT2D eigenvalue weighted by atomic mass is 9.80. The molecule has 27 heavy (non-hydrogen) atoms. The Morgan fingerprint density at radius 3 is 2.41 bits per heavy atom. The third kappa shape index (κ3) is 4.89. The minimum absolute atomic E-state index is 0.00509. The van der Waals surface area contributed by atoms with Crippen molar-refractivity contribution in [2.24, 2.45) is 16.3 Å². The molecular formula is C19H21N3O5. The van der Waals surface area contributed by atoms with Crippen LogP contribution in [-0.4, -0.2) is 34.3 Å². The van der Waals surface area contributed by atoms with Gasteiger partial charge in [0.25, 0.3) is 5.91 Å². The van der Waals surface area contributed by atoms with Gasteiger partial charge in [-0.05, 0) is 31.0 Å². The lowest BCUT2D eigenvalue weighted by molar-refractivity contribution is -0.145. The number of hydrazone groups is 1. The molecule has 2 aliphatic rings. The van der Waals surface area contributed by atoms with E-state index < -0.39 is 17.4 Å². The van der Waals surface area contributed by atoms with Crippen LogP contribution >= 0.6 is 0 Å². The van der Waals surface area contributed by atoms with Gasteiger partial charge in [-0.3, -0.25) is 9.59 Å². The highest BCUT2D eigenvalue weighted by Crippen LogP contribution is 2.31. The number of anilines is 1. The molecule has 1 aromatic carbocycles. The SMILES string of the molecule is CC1(C(=O)O)C=CC=C(C(=O)O)C1.NCc1ccc(N2N=CCC2=O)cc1. The van der Waals surface area contributed by atoms with Crippen LogP contribution in [0.25, 0.3) is 0 Å². The number of carboxylic acid groups (broad SMARTS) is 2. The number of carbonyl (C=O) groups is 3. The van der Waals surface area contributed by atoms with Crippen LogP contribution in [-0.2, 0) is 20.9 Å². The number of nitrogens with zero attached hydrogens (tertiary/aromatic N) is 2. The van der Waals surface area contributed by atoms with Crippen molar-refractivity contribution in [3.8, 4) is 0 Å². The molecule has 0 saturated carbocycles. The van der Waals surface area contributed by atoms with Crippen LogP contribution in [0.1, 0.15) is 25.3 Å². The van der Waals surface area contributed by atoms with E-state index in [1.807, 2.05) is 24.3 Å². The lowest BCUT2D eigenvalue weighted by Gasteiger charge is -2.23. The Morgan fingerprint density at radius 1 is 1.26 bits per heavy atom. The van der Waals surface area contributed by atoms with E-state index in [1.165, 1.54) is 30.2 Å². The van der Waals surface area contributed by atoms with Crippen LogP contribution in [0.3, 0.4) is 0 Å². The van der Waals surface area contributed by atoms with Crippen LogP contribution in [0.4, 0.5) is 5.69 Å². The summed E-state index contributed by atoms with van der Waals surface area (Å²) in [5.41, 5.74) is 6.36. The Balaban J connectivity index is 0.000000194. The first kappa shape index (κ1) is 20.1. The number of amides is 1. The van der Waals surface area contributed by atoms with Crippen LogP contribution in [0.15, 0.2) is 53.2 Å². The molecular weight excluding hydrogens is 350 g/mol. The van der Waals surface area contributed by atoms with Crippen molar-refractivity contribution in [2.45, 2.75) is 26.3 Å². The summed E-state index contributed by atoms with van der Waals surface area (Å²) in [4.78, 5) is 32.6. The maximum Gasteiger partial charge on any atom is 0.331 e. The first-order valence-electron chi connectivity index (χ1n) is 8.26. The van der Waals surface area contributed by atoms with Crippen molar-refractivity contribution >= 4 is 29.7 Å². The van der Waals surface area contributed by atoms with E-state index in [0.717, 1.165) is 11.3 Å². The highest BCUT2D eigenvalue weighted by atomic mass is 16.4. The molecule has 1 aromatic rings. The molecule has 0 radical (unpaired) electrons. The Hall–Kier alpha value is -3.26. The molecule has 8 nitrogen and oxygen atoms in total. The van der Waals surface area contributed by atoms with Crippen molar-refractivity contribution in [1.29, 1.82) is 0 Å². The minimum atomic E-state index is -1.08. The number of carboxylic acids is 2. The summed E-state index contributed by atoms with van der Waals surface area (Å²) in [7, 11) is 0. The summed E-state index contributed by atoms with van der Waals surface area (Å²) in [6.45, 7) is 2.01. The van der Waals surface area contributed by atoms with Crippen molar-refractivity contribution in [1.82, 2.24) is 0 Å². The first-order valence-corrected chi connectivity index (χ1v) is 8.26. The van der Waals surface area contributed by atoms with E-state index >= 15 is 0 Å². The molecule has 3 rings (SSSR count). The highest BCUT2D eigenvalue weighted by molar-refractivity contribution is 6.05. The largest absolute Gasteiger partial charge is 0.481 e. The molecule has 1 amide bonds. The van der Waals surface area contributed by atoms with Crippen molar-refractivity contribution in [3.63, 3.8) is 0 Å². The van der Waals surface area contributed by atoms with Crippen LogP contribution in [0.5, 0.6) is 0 Å². The molecule has 0 bridgehead atoms. The van der Waals surface area contributed by atoms with E-state index in [0.29, 0.717) is 13.0 Å². The Bertz CT molecular complexity index is 826. The maximum atomic E-state index is 11.3. The Labute approximate surface area is 156 Å². The van der Waals surface area contributed by atoms with Gasteiger partial charge in [0.15, 0.2) is 0 Å². The van der Waals surface area contributed by atoms with Crippen LogP contribution < -0.4 is 10.7 Å². The average Bonchev–Trinajstić information content (AvgIpc) is 3.08. The fraction of sp³-hybridized carbons (Fsp3) is 0.263. The summed E-state index contributed by atoms with van der Waals surface area (Å²) in [6, 6.07) is 7.50. The number of carbonyl (C=O) groups excluding carboxylic acids is 1. The smallest absolute Gasteiger partial charge is 0.331 e. The molecule has 0 fully saturated rings. The van der Waals surface area contributed by atoms with Gasteiger partial charge >= 0.3 is 11.9 Å². The van der Waals surface area contributed by atoms with Crippen LogP contribution in [0, 0.1) is 5.41 Å². The summed E-state index contributed by atoms with van der Waals surface area (Å²) >= 11 is 0. The number of allylic oxidation sites excluding steroid dienone is 2. The molecule has 4 N–H and O–H groups in total. The number of hydrogen-bond donors (Lipinski definition) is 3. The third-order valence-electron chi connectivity index (χ3n) is 4.20. The molecule has 0 aromatic heterocycles. The summed E-state index contributed by atoms with van der Waals surface area (Å²) in [5, 5.41) is 22.9. The normalized spacial score (nSPS) is 20.7. The number of benzene rings is 1. The number of aliphatic carboxylic acids is 2. The minimum Gasteiger partial charge on any atom is -0.481 e. The summed E-state index contributed by atoms with van der Waals surface area (Å²) in [6.07, 6.45) is 6.43. The van der Waals surface area contributed by atoms with Gasteiger partial charge in [-0.2, -0.15) is 5.10 Å². The number of nitrogens with two attached hydrogens (primary N) is 1. The van der Waals surface area contributed by atoms with Gasteiger partial charge in [-0.15, -0.1) is 0 Å². The van der Waals surface area contributed by atoms with E-state index in [4.69, 9.17) is 15.9 Å². The number of rotatable bonds is 4. The molecule has 1 unspecified atom stereocenters. The molecule has 1 aliphatic heterocycles. The molecule has 142 valence electrons. The predicted octanol–water partition coefficient (Wildman–Crippen LogP) is 1.92. The Kier molecular flexibility index (Phi) is 6.25. The summed E-state index contributed by atoms with van der Waals surface area (Å²) < 4.78 is 0. The monoisotopic (exact) mass is 371 g/mol. The topological polar surface area (TPSA) is 133 Å². The molecule has 8 heteroatoms. The van der Waals surface area contributed by atoms with E-state index in [-0.39, 0.29) is 17.9 Å². The van der Waals surface area contributed by atoms with Gasteiger partial charge in [0.05, 0.1) is 17.5 Å². The van der Waals surface area contributed by atoms with Gasteiger partial charge in [-0.25, -0.2) is 9.80 Å². The number of hydrogen-bond acceptors (Lipinski definition) is 5. The highest BCUT2D eigenvalue weighted by Gasteiger charge is 2.34. The standard InChI is InChI=1S/C10H11N3O.C9H10O4/c11-7-8-1-3-9(4-2-8)13-10(14)5-6-12-13;1-9(8(12)13)4-2-3-6(5-9)7(10)11/h1-4,6H,5,7,11H2;2-4H,5H2,1H3,(H,10,11)(H,12,13). The second kappa shape index (κ2) is 8.41. The average molecular weight is 371 g/mol. The van der Waals surface area contributed by atoms with Gasteiger partial charge < -0.3 is 15.9 Å². The quantitative estimate of drug-likeness (QED) is 0.740. The van der Waals surface area contributed by atoms with E-state index in [1.54, 1.807) is 6.21 Å². The van der Waals surface area contributed by atoms with Gasteiger partial charge in [0.2, 0.25) is 0 Å². The maximum absolute atomic E-state index is 11.3. The zero-order valence-corrected chi connectivity index (χ0v) is 14.8. The molecule has 1 aliphatic carbocycles. The molecule has 1 atom stereocenters. The Morgan fingerprint density at radius 2 is 1.93 bits per heavy atom. The third-order valence-corrected chi connectivity index (χ3v) is 4.20. The van der Waals surface area contributed by atoms with Gasteiger partial charge in [-0.1, -0.05) is 30.4 Å². The van der Waals surface area contributed by atoms with Gasteiger partial charge in [0.1, 0.15) is 0 Å². The second-order valence-electron chi connectivity index (χ2n) is 6.33. The van der Waals surface area contributed by atoms with E-state index in [2.05, 4.69) is 5.10 Å². The zero-order valence-electron chi connectivity index (χ0n) is 14.8. The summed E-state index contributed by atoms with van der Waals surface area (Å²) in [5.74, 6) is -2.06. The molecule has 0 spiro atoms. The van der Waals surface area contributed by atoms with E-state index in [9.17, 15) is 14.4 Å². The van der Waals surface area contributed by atoms with Crippen molar-refractivity contribution in [2.75, 3.05) is 5.01 Å². The predicted molar refractivity (Wildman–Crippen MR) is 100 cm³/mol. The fourth-order valence-electron chi connectivity index (χ4n) is 2.52. The van der Waals surface area contributed by atoms with Gasteiger partial charge in [0, 0.05) is 18.3 Å². The molecule has 0 saturated heterocycles. The molecule has 1 heterocycles. The van der Waals surface area contributed by atoms with Crippen LogP contribution in [0.2, 0.25) is 0 Å². The fourth-order valence-corrected chi connectivity index (χ4v) is 2.52. The first-order chi connectivity index (χ1) is 12.8. The van der Waals surface area contributed by atoms with Crippen molar-refractivity contribution in [3.05, 3.63) is 53.6 Å². The van der Waals surface area contributed by atoms with Crippen molar-refractivity contribution < 1.29 is 24.6 Å². The second-order valence-corrected chi connectivity index (χ2v) is 6.33. The lowest BCUT2D eigenvalue weighted by Crippen LogP contribution is -2.28.